The molecule has 7 nitrogen and oxygen atoms in total. The molecule has 0 heterocycles. The van der Waals surface area contributed by atoms with Gasteiger partial charge in [-0.15, -0.1) is 0 Å². The van der Waals surface area contributed by atoms with Crippen LogP contribution in [-0.4, -0.2) is 38.0 Å². The molecule has 3 N–H and O–H groups in total. The smallest absolute Gasteiger partial charge is 0.305 e. The number of nitrogens with one attached hydrogen (secondary N) is 2. The second-order valence-corrected chi connectivity index (χ2v) is 7.49. The number of carbonyl (C=O) groups excluding carboxylic acids is 1. The van der Waals surface area contributed by atoms with Crippen molar-refractivity contribution in [1.29, 1.82) is 0 Å². The first-order valence-corrected chi connectivity index (χ1v) is 9.26. The Bertz CT molecular complexity index is 879. The minimum absolute atomic E-state index is 0.0687. The number of fused-ring (bicyclic) bond motifs is 1. The highest BCUT2D eigenvalue weighted by atomic mass is 32.2. The lowest BCUT2D eigenvalue weighted by atomic mass is 10.1. The highest BCUT2D eigenvalue weighted by Crippen LogP contribution is 2.18. The number of hydrogen-bond acceptors (Lipinski definition) is 4. The maximum atomic E-state index is 12.3. The highest BCUT2D eigenvalue weighted by molar-refractivity contribution is 7.89. The summed E-state index contributed by atoms with van der Waals surface area (Å²) in [6.45, 7) is 1.51. The van der Waals surface area contributed by atoms with Gasteiger partial charge in [-0.05, 0) is 29.8 Å². The summed E-state index contributed by atoms with van der Waals surface area (Å²) < 4.78 is 27.0. The average Bonchev–Trinajstić information content (AvgIpc) is 2.53. The van der Waals surface area contributed by atoms with Crippen LogP contribution in [0.5, 0.6) is 0 Å². The van der Waals surface area contributed by atoms with E-state index in [1.165, 1.54) is 6.07 Å². The Hall–Kier alpha value is -2.45. The fourth-order valence-electron chi connectivity index (χ4n) is 2.38. The summed E-state index contributed by atoms with van der Waals surface area (Å²) in [4.78, 5) is 22.4. The zero-order valence-electron chi connectivity index (χ0n) is 13.7. The van der Waals surface area contributed by atoms with Crippen LogP contribution in [0.25, 0.3) is 10.8 Å². The molecule has 2 rings (SSSR count). The number of rotatable bonds is 8. The van der Waals surface area contributed by atoms with E-state index >= 15 is 0 Å². The topological polar surface area (TPSA) is 113 Å². The summed E-state index contributed by atoms with van der Waals surface area (Å²) in [7, 11) is -3.72. The van der Waals surface area contributed by atoms with Gasteiger partial charge in [0, 0.05) is 19.0 Å². The Morgan fingerprint density at radius 2 is 1.80 bits per heavy atom. The number of carboxylic acids is 1. The molecule has 8 heteroatoms. The van der Waals surface area contributed by atoms with Crippen LogP contribution < -0.4 is 10.0 Å². The number of hydrogen-bond donors (Lipinski definition) is 3. The molecule has 134 valence electrons. The number of carbonyl (C=O) groups is 2. The van der Waals surface area contributed by atoms with Gasteiger partial charge in [-0.2, -0.15) is 0 Å². The van der Waals surface area contributed by atoms with Crippen molar-refractivity contribution in [3.8, 4) is 0 Å². The van der Waals surface area contributed by atoms with E-state index in [0.717, 1.165) is 10.8 Å². The molecular formula is C17H20N2O5S. The fraction of sp³-hybridized carbons (Fsp3) is 0.294. The van der Waals surface area contributed by atoms with Gasteiger partial charge in [0.25, 0.3) is 0 Å². The predicted molar refractivity (Wildman–Crippen MR) is 93.6 cm³/mol. The van der Waals surface area contributed by atoms with Gasteiger partial charge in [0.05, 0.1) is 11.3 Å². The predicted octanol–water partition coefficient (Wildman–Crippen LogP) is 1.49. The standard InChI is InChI=1S/C17H20N2O5S/c1-12(10-17(21)22)19-16(20)8-9-18-25(23,24)15-7-6-13-4-2-3-5-14(13)11-15/h2-7,11-12,18H,8-10H2,1H3,(H,19,20)(H,21,22). The van der Waals surface area contributed by atoms with Crippen molar-refractivity contribution < 1.29 is 23.1 Å². The van der Waals surface area contributed by atoms with Crippen LogP contribution in [0.15, 0.2) is 47.4 Å². The normalized spacial score (nSPS) is 12.7. The Kier molecular flexibility index (Phi) is 6.11. The van der Waals surface area contributed by atoms with Crippen LogP contribution in [0.1, 0.15) is 19.8 Å². The second-order valence-electron chi connectivity index (χ2n) is 5.72. The lowest BCUT2D eigenvalue weighted by Crippen LogP contribution is -2.36. The molecule has 0 bridgehead atoms. The number of benzene rings is 2. The quantitative estimate of drug-likeness (QED) is 0.657. The van der Waals surface area contributed by atoms with E-state index < -0.39 is 27.9 Å². The minimum Gasteiger partial charge on any atom is -0.481 e. The van der Waals surface area contributed by atoms with Crippen LogP contribution in [0.2, 0.25) is 0 Å². The molecule has 0 radical (unpaired) electrons. The van der Waals surface area contributed by atoms with Crippen molar-refractivity contribution in [2.75, 3.05) is 6.54 Å². The van der Waals surface area contributed by atoms with Crippen molar-refractivity contribution >= 4 is 32.7 Å². The highest BCUT2D eigenvalue weighted by Gasteiger charge is 2.16. The summed E-state index contributed by atoms with van der Waals surface area (Å²) in [5.41, 5.74) is 0. The molecule has 0 aromatic heterocycles. The Balaban J connectivity index is 1.92. The Morgan fingerprint density at radius 1 is 1.12 bits per heavy atom. The molecule has 1 amide bonds. The summed E-state index contributed by atoms with van der Waals surface area (Å²) >= 11 is 0. The van der Waals surface area contributed by atoms with E-state index in [1.807, 2.05) is 24.3 Å². The van der Waals surface area contributed by atoms with E-state index in [0.29, 0.717) is 0 Å². The zero-order chi connectivity index (χ0) is 18.4. The first kappa shape index (κ1) is 18.9. The van der Waals surface area contributed by atoms with Crippen LogP contribution in [-0.2, 0) is 19.6 Å². The van der Waals surface area contributed by atoms with Crippen LogP contribution in [0.4, 0.5) is 0 Å². The van der Waals surface area contributed by atoms with Crippen molar-refractivity contribution in [2.45, 2.75) is 30.7 Å². The van der Waals surface area contributed by atoms with Gasteiger partial charge in [0.15, 0.2) is 0 Å². The lowest BCUT2D eigenvalue weighted by Gasteiger charge is -2.12. The van der Waals surface area contributed by atoms with Crippen molar-refractivity contribution in [3.05, 3.63) is 42.5 Å². The van der Waals surface area contributed by atoms with Gasteiger partial charge in [0.1, 0.15) is 0 Å². The maximum absolute atomic E-state index is 12.3. The van der Waals surface area contributed by atoms with E-state index in [-0.39, 0.29) is 24.3 Å². The molecular weight excluding hydrogens is 344 g/mol. The van der Waals surface area contributed by atoms with E-state index in [4.69, 9.17) is 5.11 Å². The van der Waals surface area contributed by atoms with Gasteiger partial charge in [0.2, 0.25) is 15.9 Å². The van der Waals surface area contributed by atoms with Crippen molar-refractivity contribution in [1.82, 2.24) is 10.0 Å². The van der Waals surface area contributed by atoms with Gasteiger partial charge in [-0.1, -0.05) is 30.3 Å². The van der Waals surface area contributed by atoms with Gasteiger partial charge in [-0.3, -0.25) is 9.59 Å². The summed E-state index contributed by atoms with van der Waals surface area (Å²) in [6.07, 6.45) is -0.259. The molecule has 0 spiro atoms. The first-order chi connectivity index (χ1) is 11.8. The molecule has 0 saturated carbocycles. The molecule has 25 heavy (non-hydrogen) atoms. The van der Waals surface area contributed by atoms with Crippen LogP contribution in [0.3, 0.4) is 0 Å². The number of aliphatic carboxylic acids is 1. The number of amides is 1. The molecule has 0 aliphatic rings. The first-order valence-electron chi connectivity index (χ1n) is 7.77. The molecule has 0 fully saturated rings. The third kappa shape index (κ3) is 5.54. The molecule has 0 aliphatic carbocycles. The third-order valence-electron chi connectivity index (χ3n) is 3.56. The van der Waals surface area contributed by atoms with E-state index in [2.05, 4.69) is 10.0 Å². The molecule has 1 unspecified atom stereocenters. The van der Waals surface area contributed by atoms with E-state index in [9.17, 15) is 18.0 Å². The summed E-state index contributed by atoms with van der Waals surface area (Å²) in [6, 6.07) is 11.7. The largest absolute Gasteiger partial charge is 0.481 e. The van der Waals surface area contributed by atoms with Crippen LogP contribution >= 0.6 is 0 Å². The van der Waals surface area contributed by atoms with Gasteiger partial charge in [-0.25, -0.2) is 13.1 Å². The Labute approximate surface area is 146 Å². The third-order valence-corrected chi connectivity index (χ3v) is 5.02. The summed E-state index contributed by atoms with van der Waals surface area (Å²) in [5.74, 6) is -1.42. The van der Waals surface area contributed by atoms with Crippen molar-refractivity contribution in [3.63, 3.8) is 0 Å². The zero-order valence-corrected chi connectivity index (χ0v) is 14.5. The minimum atomic E-state index is -3.72. The monoisotopic (exact) mass is 364 g/mol. The van der Waals surface area contributed by atoms with Crippen molar-refractivity contribution in [2.24, 2.45) is 0 Å². The molecule has 0 aliphatic heterocycles. The lowest BCUT2D eigenvalue weighted by molar-refractivity contribution is -0.137. The fourth-order valence-corrected chi connectivity index (χ4v) is 3.44. The molecule has 2 aromatic rings. The second kappa shape index (κ2) is 8.09. The SMILES string of the molecule is CC(CC(=O)O)NC(=O)CCNS(=O)(=O)c1ccc2ccccc2c1. The number of carboxylic acid groups (broad SMARTS) is 1. The van der Waals surface area contributed by atoms with Gasteiger partial charge < -0.3 is 10.4 Å². The van der Waals surface area contributed by atoms with Crippen LogP contribution in [0, 0.1) is 0 Å². The van der Waals surface area contributed by atoms with Gasteiger partial charge >= 0.3 is 5.97 Å². The number of sulfonamides is 1. The summed E-state index contributed by atoms with van der Waals surface area (Å²) in [5, 5.41) is 12.9. The average molecular weight is 364 g/mol. The molecule has 0 saturated heterocycles. The molecule has 2 aromatic carbocycles. The molecule has 1 atom stereocenters. The maximum Gasteiger partial charge on any atom is 0.305 e. The van der Waals surface area contributed by atoms with E-state index in [1.54, 1.807) is 19.1 Å². The Morgan fingerprint density at radius 3 is 2.48 bits per heavy atom.